The van der Waals surface area contributed by atoms with E-state index in [0.717, 1.165) is 23.3 Å². The molecule has 2 aromatic carbocycles. The van der Waals surface area contributed by atoms with E-state index in [0.29, 0.717) is 19.4 Å². The van der Waals surface area contributed by atoms with Gasteiger partial charge in [0.25, 0.3) is 0 Å². The standard InChI is InChI=1S/C25H32O4/c1-4-22(23(26)5-2)24(6-3)29-25(27)16-15-19-13-10-14-21(17-19)28-18-20-11-8-7-9-12-20/h7-17,22-24,26H,4-6,18H2,1-3H3/t22?,23-,24+/m1/s1. The van der Waals surface area contributed by atoms with Crippen molar-refractivity contribution < 1.29 is 19.4 Å². The Hall–Kier alpha value is -2.59. The van der Waals surface area contributed by atoms with Gasteiger partial charge >= 0.3 is 5.97 Å². The third kappa shape index (κ3) is 7.39. The van der Waals surface area contributed by atoms with E-state index in [1.807, 2.05) is 75.4 Å². The van der Waals surface area contributed by atoms with Crippen LogP contribution in [0.4, 0.5) is 0 Å². The maximum Gasteiger partial charge on any atom is 0.331 e. The third-order valence-corrected chi connectivity index (χ3v) is 5.05. The minimum Gasteiger partial charge on any atom is -0.489 e. The lowest BCUT2D eigenvalue weighted by atomic mass is 9.90. The zero-order chi connectivity index (χ0) is 21.1. The summed E-state index contributed by atoms with van der Waals surface area (Å²) in [6.45, 7) is 6.41. The average molecular weight is 397 g/mol. The molecule has 0 radical (unpaired) electrons. The molecule has 0 bridgehead atoms. The van der Waals surface area contributed by atoms with Crippen LogP contribution in [0.25, 0.3) is 6.08 Å². The Morgan fingerprint density at radius 1 is 1.00 bits per heavy atom. The van der Waals surface area contributed by atoms with Crippen molar-refractivity contribution in [2.45, 2.75) is 58.8 Å². The van der Waals surface area contributed by atoms with Gasteiger partial charge in [-0.25, -0.2) is 4.79 Å². The van der Waals surface area contributed by atoms with E-state index in [2.05, 4.69) is 0 Å². The lowest BCUT2D eigenvalue weighted by molar-refractivity contribution is -0.148. The third-order valence-electron chi connectivity index (χ3n) is 5.05. The van der Waals surface area contributed by atoms with Gasteiger partial charge in [-0.15, -0.1) is 0 Å². The van der Waals surface area contributed by atoms with Crippen molar-refractivity contribution in [3.8, 4) is 5.75 Å². The fourth-order valence-electron chi connectivity index (χ4n) is 3.36. The molecule has 0 aliphatic carbocycles. The van der Waals surface area contributed by atoms with Gasteiger partial charge in [-0.05, 0) is 48.6 Å². The molecule has 3 atom stereocenters. The molecule has 0 amide bonds. The predicted octanol–water partition coefficient (Wildman–Crippen LogP) is 5.40. The quantitative estimate of drug-likeness (QED) is 0.408. The maximum absolute atomic E-state index is 12.3. The van der Waals surface area contributed by atoms with Crippen LogP contribution in [0.5, 0.6) is 5.75 Å². The zero-order valence-electron chi connectivity index (χ0n) is 17.6. The SMILES string of the molecule is CCC([C@H](O)CC)[C@H](CC)OC(=O)C=Cc1cccc(OCc2ccccc2)c1. The molecule has 156 valence electrons. The summed E-state index contributed by atoms with van der Waals surface area (Å²) in [5, 5.41) is 10.2. The Labute approximate surface area is 174 Å². The van der Waals surface area contributed by atoms with Crippen LogP contribution in [0, 0.1) is 5.92 Å². The lowest BCUT2D eigenvalue weighted by Crippen LogP contribution is -2.34. The van der Waals surface area contributed by atoms with Crippen molar-refractivity contribution in [2.24, 2.45) is 5.92 Å². The molecule has 0 saturated heterocycles. The average Bonchev–Trinajstić information content (AvgIpc) is 2.76. The molecule has 0 aromatic heterocycles. The first-order valence-corrected chi connectivity index (χ1v) is 10.4. The smallest absolute Gasteiger partial charge is 0.331 e. The van der Waals surface area contributed by atoms with E-state index < -0.39 is 12.1 Å². The van der Waals surface area contributed by atoms with E-state index in [1.165, 1.54) is 6.08 Å². The van der Waals surface area contributed by atoms with Crippen molar-refractivity contribution in [3.63, 3.8) is 0 Å². The van der Waals surface area contributed by atoms with Crippen LogP contribution >= 0.6 is 0 Å². The molecule has 29 heavy (non-hydrogen) atoms. The van der Waals surface area contributed by atoms with Crippen LogP contribution in [0.1, 0.15) is 51.2 Å². The molecule has 4 nitrogen and oxygen atoms in total. The van der Waals surface area contributed by atoms with E-state index in [4.69, 9.17) is 9.47 Å². The maximum atomic E-state index is 12.3. The number of hydrogen-bond donors (Lipinski definition) is 1. The Balaban J connectivity index is 1.95. The van der Waals surface area contributed by atoms with Gasteiger partial charge in [0.2, 0.25) is 0 Å². The molecule has 1 unspecified atom stereocenters. The van der Waals surface area contributed by atoms with Crippen molar-refractivity contribution in [1.29, 1.82) is 0 Å². The second-order valence-corrected chi connectivity index (χ2v) is 7.11. The number of hydrogen-bond acceptors (Lipinski definition) is 4. The van der Waals surface area contributed by atoms with Gasteiger partial charge in [0.05, 0.1) is 6.10 Å². The van der Waals surface area contributed by atoms with Gasteiger partial charge in [-0.3, -0.25) is 0 Å². The summed E-state index contributed by atoms with van der Waals surface area (Å²) in [7, 11) is 0. The van der Waals surface area contributed by atoms with Crippen LogP contribution in [-0.4, -0.2) is 23.3 Å². The highest BCUT2D eigenvalue weighted by atomic mass is 16.5. The number of carbonyl (C=O) groups is 1. The van der Waals surface area contributed by atoms with Crippen molar-refractivity contribution >= 4 is 12.0 Å². The van der Waals surface area contributed by atoms with Gasteiger partial charge in [-0.2, -0.15) is 0 Å². The molecular formula is C25H32O4. The number of rotatable bonds is 11. The molecule has 0 aliphatic heterocycles. The topological polar surface area (TPSA) is 55.8 Å². The Morgan fingerprint density at radius 3 is 2.41 bits per heavy atom. The number of esters is 1. The predicted molar refractivity (Wildman–Crippen MR) is 116 cm³/mol. The van der Waals surface area contributed by atoms with Crippen molar-refractivity contribution in [1.82, 2.24) is 0 Å². The second-order valence-electron chi connectivity index (χ2n) is 7.11. The molecule has 0 heterocycles. The van der Waals surface area contributed by atoms with Crippen LogP contribution in [0.2, 0.25) is 0 Å². The van der Waals surface area contributed by atoms with Gasteiger partial charge < -0.3 is 14.6 Å². The number of ether oxygens (including phenoxy) is 2. The van der Waals surface area contributed by atoms with Crippen molar-refractivity contribution in [3.05, 3.63) is 71.8 Å². The van der Waals surface area contributed by atoms with E-state index in [9.17, 15) is 9.90 Å². The first-order chi connectivity index (χ1) is 14.1. The highest BCUT2D eigenvalue weighted by molar-refractivity contribution is 5.87. The van der Waals surface area contributed by atoms with Crippen LogP contribution in [0.3, 0.4) is 0 Å². The van der Waals surface area contributed by atoms with E-state index >= 15 is 0 Å². The van der Waals surface area contributed by atoms with Gasteiger partial charge in [0, 0.05) is 12.0 Å². The van der Waals surface area contributed by atoms with Crippen LogP contribution < -0.4 is 4.74 Å². The monoisotopic (exact) mass is 396 g/mol. The van der Waals surface area contributed by atoms with Crippen LogP contribution in [0.15, 0.2) is 60.7 Å². The normalized spacial score (nSPS) is 14.3. The summed E-state index contributed by atoms with van der Waals surface area (Å²) in [6, 6.07) is 17.6. The number of aliphatic hydroxyl groups is 1. The first-order valence-electron chi connectivity index (χ1n) is 10.4. The summed E-state index contributed by atoms with van der Waals surface area (Å²) in [6.07, 6.45) is 4.51. The summed E-state index contributed by atoms with van der Waals surface area (Å²) in [5.74, 6) is 0.305. The minimum atomic E-state index is -0.458. The Morgan fingerprint density at radius 2 is 1.76 bits per heavy atom. The highest BCUT2D eigenvalue weighted by Crippen LogP contribution is 2.22. The van der Waals surface area contributed by atoms with E-state index in [-0.39, 0.29) is 12.0 Å². The molecule has 0 fully saturated rings. The Bertz CT molecular complexity index is 769. The Kier molecular flexibility index (Phi) is 9.45. The summed E-state index contributed by atoms with van der Waals surface area (Å²) in [5.41, 5.74) is 1.96. The molecule has 2 aromatic rings. The molecule has 1 N–H and O–H groups in total. The molecule has 0 saturated carbocycles. The fourth-order valence-corrected chi connectivity index (χ4v) is 3.36. The lowest BCUT2D eigenvalue weighted by Gasteiger charge is -2.28. The summed E-state index contributed by atoms with van der Waals surface area (Å²) >= 11 is 0. The molecule has 0 spiro atoms. The van der Waals surface area contributed by atoms with Gasteiger partial charge in [-0.1, -0.05) is 63.2 Å². The minimum absolute atomic E-state index is 0.0444. The zero-order valence-corrected chi connectivity index (χ0v) is 17.6. The number of aliphatic hydroxyl groups excluding tert-OH is 1. The molecule has 2 rings (SSSR count). The van der Waals surface area contributed by atoms with E-state index in [1.54, 1.807) is 6.08 Å². The van der Waals surface area contributed by atoms with Crippen LogP contribution in [-0.2, 0) is 16.1 Å². The number of carbonyl (C=O) groups excluding carboxylic acids is 1. The highest BCUT2D eigenvalue weighted by Gasteiger charge is 2.27. The summed E-state index contributed by atoms with van der Waals surface area (Å²) in [4.78, 5) is 12.3. The number of benzene rings is 2. The second kappa shape index (κ2) is 12.1. The van der Waals surface area contributed by atoms with Gasteiger partial charge in [0.1, 0.15) is 18.5 Å². The molecular weight excluding hydrogens is 364 g/mol. The molecule has 0 aliphatic rings. The summed E-state index contributed by atoms with van der Waals surface area (Å²) < 4.78 is 11.4. The van der Waals surface area contributed by atoms with Crippen molar-refractivity contribution in [2.75, 3.05) is 0 Å². The van der Waals surface area contributed by atoms with Gasteiger partial charge in [0.15, 0.2) is 0 Å². The largest absolute Gasteiger partial charge is 0.489 e. The molecule has 4 heteroatoms. The first kappa shape index (κ1) is 22.7. The fraction of sp³-hybridized carbons (Fsp3) is 0.400.